The van der Waals surface area contributed by atoms with Crippen LogP contribution in [0.15, 0.2) is 0 Å². The van der Waals surface area contributed by atoms with Gasteiger partial charge in [-0.3, -0.25) is 0 Å². The number of hydrogen-bond acceptors (Lipinski definition) is 2. The Labute approximate surface area is 96.4 Å². The Morgan fingerprint density at radius 3 is 2.18 bits per heavy atom. The molecular weight excluding hydrogens is 241 g/mol. The number of carbonyl (C=O) groups excluding carboxylic acids is 1. The summed E-state index contributed by atoms with van der Waals surface area (Å²) in [6, 6.07) is -3.13. The van der Waals surface area contributed by atoms with Crippen molar-refractivity contribution in [2.45, 2.75) is 44.9 Å². The summed E-state index contributed by atoms with van der Waals surface area (Å²) >= 11 is 0. The fourth-order valence-corrected chi connectivity index (χ4v) is 1.16. The third kappa shape index (κ3) is 7.42. The van der Waals surface area contributed by atoms with Gasteiger partial charge >= 0.3 is 18.2 Å². The van der Waals surface area contributed by atoms with E-state index in [1.165, 1.54) is 13.8 Å². The van der Waals surface area contributed by atoms with Crippen molar-refractivity contribution in [1.82, 2.24) is 10.6 Å². The predicted octanol–water partition coefficient (Wildman–Crippen LogP) is 1.49. The van der Waals surface area contributed by atoms with Gasteiger partial charge in [0, 0.05) is 6.04 Å². The summed E-state index contributed by atoms with van der Waals surface area (Å²) < 4.78 is 35.8. The topological polar surface area (TPSA) is 78.4 Å². The van der Waals surface area contributed by atoms with E-state index in [4.69, 9.17) is 5.11 Å². The Morgan fingerprint density at radius 2 is 1.82 bits per heavy atom. The Kier molecular flexibility index (Phi) is 5.77. The first-order valence-corrected chi connectivity index (χ1v) is 5.02. The van der Waals surface area contributed by atoms with Gasteiger partial charge in [0.2, 0.25) is 0 Å². The second-order valence-corrected chi connectivity index (χ2v) is 3.64. The zero-order valence-electron chi connectivity index (χ0n) is 9.47. The number of rotatable bonds is 5. The van der Waals surface area contributed by atoms with Gasteiger partial charge in [0.25, 0.3) is 0 Å². The number of aliphatic carboxylic acids is 1. The number of alkyl halides is 3. The maximum absolute atomic E-state index is 11.9. The predicted molar refractivity (Wildman–Crippen MR) is 53.5 cm³/mol. The number of carbonyl (C=O) groups is 2. The molecule has 0 saturated heterocycles. The minimum Gasteiger partial charge on any atom is -0.480 e. The Hall–Kier alpha value is -1.47. The highest BCUT2D eigenvalue weighted by Crippen LogP contribution is 2.21. The molecule has 2 unspecified atom stereocenters. The molecule has 0 aliphatic rings. The molecule has 0 aliphatic heterocycles. The Balaban J connectivity index is 4.13. The molecule has 0 aromatic heterocycles. The summed E-state index contributed by atoms with van der Waals surface area (Å²) in [5, 5.41) is 12.7. The number of nitrogens with one attached hydrogen (secondary N) is 2. The van der Waals surface area contributed by atoms with E-state index in [-0.39, 0.29) is 6.42 Å². The van der Waals surface area contributed by atoms with Gasteiger partial charge in [-0.2, -0.15) is 13.2 Å². The average molecular weight is 256 g/mol. The van der Waals surface area contributed by atoms with E-state index in [1.807, 2.05) is 5.32 Å². The first kappa shape index (κ1) is 15.5. The van der Waals surface area contributed by atoms with Gasteiger partial charge in [-0.1, -0.05) is 6.92 Å². The molecule has 2 atom stereocenters. The molecule has 0 bridgehead atoms. The van der Waals surface area contributed by atoms with E-state index >= 15 is 0 Å². The average Bonchev–Trinajstić information content (AvgIpc) is 2.09. The molecule has 0 radical (unpaired) electrons. The number of carboxylic acids is 1. The number of halogens is 3. The highest BCUT2D eigenvalue weighted by Gasteiger charge is 2.30. The summed E-state index contributed by atoms with van der Waals surface area (Å²) in [6.07, 6.45) is -5.38. The quantitative estimate of drug-likeness (QED) is 0.697. The Bertz CT molecular complexity index is 281. The Morgan fingerprint density at radius 1 is 1.29 bits per heavy atom. The van der Waals surface area contributed by atoms with Gasteiger partial charge in [0.05, 0.1) is 6.42 Å². The number of hydrogen-bond donors (Lipinski definition) is 3. The molecule has 0 aromatic carbocycles. The zero-order valence-corrected chi connectivity index (χ0v) is 9.47. The molecule has 3 N–H and O–H groups in total. The van der Waals surface area contributed by atoms with Crippen LogP contribution in [0.2, 0.25) is 0 Å². The molecule has 0 aromatic rings. The lowest BCUT2D eigenvalue weighted by molar-refractivity contribution is -0.140. The summed E-state index contributed by atoms with van der Waals surface area (Å²) in [5.74, 6) is -1.23. The van der Waals surface area contributed by atoms with Crippen LogP contribution in [0.1, 0.15) is 26.7 Å². The van der Waals surface area contributed by atoms with Gasteiger partial charge < -0.3 is 15.7 Å². The minimum atomic E-state index is -4.37. The third-order valence-electron chi connectivity index (χ3n) is 1.93. The van der Waals surface area contributed by atoms with Crippen LogP contribution in [-0.4, -0.2) is 35.4 Å². The molecule has 0 heterocycles. The van der Waals surface area contributed by atoms with Crippen LogP contribution in [-0.2, 0) is 4.79 Å². The van der Waals surface area contributed by atoms with Crippen LogP contribution < -0.4 is 10.6 Å². The van der Waals surface area contributed by atoms with Crippen LogP contribution in [0.4, 0.5) is 18.0 Å². The first-order chi connectivity index (χ1) is 7.65. The zero-order chi connectivity index (χ0) is 13.6. The lowest BCUT2D eigenvalue weighted by atomic mass is 10.2. The third-order valence-corrected chi connectivity index (χ3v) is 1.93. The SMILES string of the molecule is CCC(NC(=O)NC(C)CC(F)(F)F)C(=O)O. The first-order valence-electron chi connectivity index (χ1n) is 5.02. The van der Waals surface area contributed by atoms with E-state index < -0.39 is 36.7 Å². The van der Waals surface area contributed by atoms with Crippen molar-refractivity contribution < 1.29 is 27.9 Å². The minimum absolute atomic E-state index is 0.149. The second-order valence-electron chi connectivity index (χ2n) is 3.64. The van der Waals surface area contributed by atoms with Gasteiger partial charge in [-0.05, 0) is 13.3 Å². The van der Waals surface area contributed by atoms with Crippen LogP contribution >= 0.6 is 0 Å². The van der Waals surface area contributed by atoms with Crippen LogP contribution in [0.25, 0.3) is 0 Å². The van der Waals surface area contributed by atoms with Gasteiger partial charge in [-0.25, -0.2) is 9.59 Å². The number of carboxylic acid groups (broad SMARTS) is 1. The highest BCUT2D eigenvalue weighted by molar-refractivity contribution is 5.82. The molecule has 0 spiro atoms. The maximum Gasteiger partial charge on any atom is 0.391 e. The number of urea groups is 1. The number of amides is 2. The van der Waals surface area contributed by atoms with Crippen LogP contribution in [0.3, 0.4) is 0 Å². The normalized spacial score (nSPS) is 14.9. The van der Waals surface area contributed by atoms with Gasteiger partial charge in [0.15, 0.2) is 0 Å². The smallest absolute Gasteiger partial charge is 0.391 e. The van der Waals surface area contributed by atoms with Crippen molar-refractivity contribution in [1.29, 1.82) is 0 Å². The molecular formula is C9H15F3N2O3. The molecule has 2 amide bonds. The van der Waals surface area contributed by atoms with Crippen molar-refractivity contribution in [3.8, 4) is 0 Å². The van der Waals surface area contributed by atoms with E-state index in [0.29, 0.717) is 0 Å². The van der Waals surface area contributed by atoms with Gasteiger partial charge in [0.1, 0.15) is 6.04 Å². The van der Waals surface area contributed by atoms with E-state index in [1.54, 1.807) is 0 Å². The maximum atomic E-state index is 11.9. The molecule has 5 nitrogen and oxygen atoms in total. The standard InChI is InChI=1S/C9H15F3N2O3/c1-3-6(7(15)16)14-8(17)13-5(2)4-9(10,11)12/h5-6H,3-4H2,1-2H3,(H,15,16)(H2,13,14,17). The van der Waals surface area contributed by atoms with Crippen molar-refractivity contribution in [2.24, 2.45) is 0 Å². The highest BCUT2D eigenvalue weighted by atomic mass is 19.4. The fourth-order valence-electron chi connectivity index (χ4n) is 1.16. The van der Waals surface area contributed by atoms with E-state index in [0.717, 1.165) is 0 Å². The largest absolute Gasteiger partial charge is 0.480 e. The van der Waals surface area contributed by atoms with E-state index in [2.05, 4.69) is 5.32 Å². The van der Waals surface area contributed by atoms with Crippen molar-refractivity contribution in [3.63, 3.8) is 0 Å². The molecule has 100 valence electrons. The fraction of sp³-hybridized carbons (Fsp3) is 0.778. The lowest BCUT2D eigenvalue weighted by Gasteiger charge is -2.18. The van der Waals surface area contributed by atoms with Crippen molar-refractivity contribution in [3.05, 3.63) is 0 Å². The molecule has 0 rings (SSSR count). The molecule has 0 aliphatic carbocycles. The second kappa shape index (κ2) is 6.31. The molecule has 0 fully saturated rings. The van der Waals surface area contributed by atoms with Gasteiger partial charge in [-0.15, -0.1) is 0 Å². The molecule has 0 saturated carbocycles. The monoisotopic (exact) mass is 256 g/mol. The summed E-state index contributed by atoms with van der Waals surface area (Å²) in [6.45, 7) is 2.73. The summed E-state index contributed by atoms with van der Waals surface area (Å²) in [4.78, 5) is 21.7. The summed E-state index contributed by atoms with van der Waals surface area (Å²) in [7, 11) is 0. The van der Waals surface area contributed by atoms with Crippen LogP contribution in [0, 0.1) is 0 Å². The van der Waals surface area contributed by atoms with E-state index in [9.17, 15) is 22.8 Å². The van der Waals surface area contributed by atoms with Crippen LogP contribution in [0.5, 0.6) is 0 Å². The van der Waals surface area contributed by atoms with Crippen molar-refractivity contribution >= 4 is 12.0 Å². The van der Waals surface area contributed by atoms with Crippen molar-refractivity contribution in [2.75, 3.05) is 0 Å². The molecule has 8 heteroatoms. The lowest BCUT2D eigenvalue weighted by Crippen LogP contribution is -2.48. The summed E-state index contributed by atoms with van der Waals surface area (Å²) in [5.41, 5.74) is 0. The molecule has 17 heavy (non-hydrogen) atoms.